The summed E-state index contributed by atoms with van der Waals surface area (Å²) in [5.41, 5.74) is 4.75. The summed E-state index contributed by atoms with van der Waals surface area (Å²) in [6.45, 7) is 7.09. The van der Waals surface area contributed by atoms with Gasteiger partial charge in [-0.1, -0.05) is 31.2 Å². The lowest BCUT2D eigenvalue weighted by molar-refractivity contribution is 0.0458. The molecule has 5 rings (SSSR count). The van der Waals surface area contributed by atoms with Gasteiger partial charge in [0.15, 0.2) is 0 Å². The molecule has 1 aromatic heterocycles. The van der Waals surface area contributed by atoms with Gasteiger partial charge in [0.1, 0.15) is 0 Å². The van der Waals surface area contributed by atoms with Crippen molar-refractivity contribution in [1.29, 1.82) is 0 Å². The van der Waals surface area contributed by atoms with Crippen molar-refractivity contribution in [3.63, 3.8) is 0 Å². The van der Waals surface area contributed by atoms with Crippen LogP contribution < -0.4 is 5.32 Å². The SMILES string of the molecule is CCc1ccc(-c2ccc(NC3C4CCN(CC4)C3C)cn2)cc1. The number of anilines is 1. The molecule has 24 heavy (non-hydrogen) atoms. The zero-order valence-corrected chi connectivity index (χ0v) is 14.7. The zero-order chi connectivity index (χ0) is 16.5. The van der Waals surface area contributed by atoms with Gasteiger partial charge < -0.3 is 5.32 Å². The van der Waals surface area contributed by atoms with Crippen molar-refractivity contribution < 1.29 is 0 Å². The maximum Gasteiger partial charge on any atom is 0.0703 e. The number of rotatable bonds is 4. The number of nitrogens with zero attached hydrogens (tertiary/aromatic N) is 2. The lowest BCUT2D eigenvalue weighted by atomic mass is 9.79. The average Bonchev–Trinajstić information content (AvgIpc) is 2.66. The quantitative estimate of drug-likeness (QED) is 0.914. The van der Waals surface area contributed by atoms with Crippen LogP contribution in [0.2, 0.25) is 0 Å². The third-order valence-corrected chi connectivity index (χ3v) is 5.93. The smallest absolute Gasteiger partial charge is 0.0703 e. The Balaban J connectivity index is 1.47. The normalized spacial score (nSPS) is 28.8. The topological polar surface area (TPSA) is 28.2 Å². The fourth-order valence-corrected chi connectivity index (χ4v) is 4.30. The van der Waals surface area contributed by atoms with Crippen LogP contribution in [0, 0.1) is 5.92 Å². The second kappa shape index (κ2) is 6.56. The van der Waals surface area contributed by atoms with E-state index in [1.54, 1.807) is 0 Å². The molecule has 2 atom stereocenters. The van der Waals surface area contributed by atoms with Gasteiger partial charge >= 0.3 is 0 Å². The molecule has 3 saturated heterocycles. The van der Waals surface area contributed by atoms with Gasteiger partial charge in [-0.05, 0) is 62.9 Å². The second-order valence-corrected chi connectivity index (χ2v) is 7.27. The molecule has 126 valence electrons. The molecule has 0 amide bonds. The molecule has 0 spiro atoms. The van der Waals surface area contributed by atoms with E-state index >= 15 is 0 Å². The van der Waals surface area contributed by atoms with Crippen molar-refractivity contribution in [2.45, 2.75) is 45.2 Å². The van der Waals surface area contributed by atoms with Gasteiger partial charge in [0.2, 0.25) is 0 Å². The van der Waals surface area contributed by atoms with Crippen molar-refractivity contribution in [2.75, 3.05) is 18.4 Å². The van der Waals surface area contributed by atoms with Crippen LogP contribution in [-0.2, 0) is 6.42 Å². The Kier molecular flexibility index (Phi) is 4.28. The fourth-order valence-electron chi connectivity index (χ4n) is 4.30. The summed E-state index contributed by atoms with van der Waals surface area (Å²) in [4.78, 5) is 7.30. The summed E-state index contributed by atoms with van der Waals surface area (Å²) < 4.78 is 0. The first-order valence-electron chi connectivity index (χ1n) is 9.30. The number of pyridine rings is 1. The summed E-state index contributed by atoms with van der Waals surface area (Å²) in [5.74, 6) is 0.811. The van der Waals surface area contributed by atoms with E-state index in [0.717, 1.165) is 23.7 Å². The van der Waals surface area contributed by atoms with Gasteiger partial charge in [-0.2, -0.15) is 0 Å². The van der Waals surface area contributed by atoms with Crippen molar-refractivity contribution >= 4 is 5.69 Å². The molecule has 0 aliphatic carbocycles. The largest absolute Gasteiger partial charge is 0.379 e. The molecule has 3 heteroatoms. The predicted octanol–water partition coefficient (Wildman–Crippen LogP) is 4.21. The Morgan fingerprint density at radius 3 is 2.42 bits per heavy atom. The summed E-state index contributed by atoms with van der Waals surface area (Å²) in [6.07, 6.45) is 5.73. The molecular formula is C21H27N3. The molecule has 2 bridgehead atoms. The van der Waals surface area contributed by atoms with Crippen LogP contribution in [0.25, 0.3) is 11.3 Å². The minimum Gasteiger partial charge on any atom is -0.379 e. The van der Waals surface area contributed by atoms with Crippen LogP contribution in [0.5, 0.6) is 0 Å². The summed E-state index contributed by atoms with van der Waals surface area (Å²) in [6, 6.07) is 14.2. The number of aryl methyl sites for hydroxylation is 1. The van der Waals surface area contributed by atoms with Crippen molar-refractivity contribution in [3.05, 3.63) is 48.2 Å². The number of aromatic nitrogens is 1. The number of hydrogen-bond acceptors (Lipinski definition) is 3. The van der Waals surface area contributed by atoms with Gasteiger partial charge in [0.05, 0.1) is 17.6 Å². The number of nitrogens with one attached hydrogen (secondary N) is 1. The van der Waals surface area contributed by atoms with Gasteiger partial charge in [0.25, 0.3) is 0 Å². The lowest BCUT2D eigenvalue weighted by Gasteiger charge is -2.50. The molecule has 3 nitrogen and oxygen atoms in total. The van der Waals surface area contributed by atoms with E-state index in [-0.39, 0.29) is 0 Å². The third kappa shape index (κ3) is 2.93. The van der Waals surface area contributed by atoms with Gasteiger partial charge in [0, 0.05) is 17.6 Å². The van der Waals surface area contributed by atoms with E-state index in [0.29, 0.717) is 12.1 Å². The Morgan fingerprint density at radius 2 is 1.83 bits per heavy atom. The maximum absolute atomic E-state index is 4.68. The van der Waals surface area contributed by atoms with Crippen LogP contribution >= 0.6 is 0 Å². The molecule has 1 N–H and O–H groups in total. The highest BCUT2D eigenvalue weighted by Crippen LogP contribution is 2.34. The summed E-state index contributed by atoms with van der Waals surface area (Å²) >= 11 is 0. The first kappa shape index (κ1) is 15.6. The van der Waals surface area contributed by atoms with Crippen molar-refractivity contribution in [1.82, 2.24) is 9.88 Å². The van der Waals surface area contributed by atoms with E-state index in [1.165, 1.54) is 37.1 Å². The molecular weight excluding hydrogens is 294 g/mol. The maximum atomic E-state index is 4.68. The number of benzene rings is 1. The Labute approximate surface area is 145 Å². The van der Waals surface area contributed by atoms with E-state index in [2.05, 4.69) is 65.4 Å². The van der Waals surface area contributed by atoms with Crippen molar-refractivity contribution in [3.8, 4) is 11.3 Å². The summed E-state index contributed by atoms with van der Waals surface area (Å²) in [7, 11) is 0. The van der Waals surface area contributed by atoms with E-state index in [9.17, 15) is 0 Å². The second-order valence-electron chi connectivity index (χ2n) is 7.27. The standard InChI is InChI=1S/C21H27N3/c1-3-16-4-6-17(7-5-16)20-9-8-19(14-22-20)23-21-15(2)24-12-10-18(21)11-13-24/h4-9,14-15,18,21,23H,3,10-13H2,1-2H3. The molecule has 2 aromatic rings. The van der Waals surface area contributed by atoms with Gasteiger partial charge in [-0.3, -0.25) is 9.88 Å². The Bertz CT molecular complexity index is 667. The fraction of sp³-hybridized carbons (Fsp3) is 0.476. The number of fused-ring (bicyclic) bond motifs is 3. The average molecular weight is 321 g/mol. The Morgan fingerprint density at radius 1 is 1.08 bits per heavy atom. The van der Waals surface area contributed by atoms with Crippen LogP contribution in [0.1, 0.15) is 32.3 Å². The van der Waals surface area contributed by atoms with Crippen LogP contribution in [0.4, 0.5) is 5.69 Å². The molecule has 3 aliphatic rings. The molecule has 0 radical (unpaired) electrons. The molecule has 3 fully saturated rings. The monoisotopic (exact) mass is 321 g/mol. The molecule has 0 saturated carbocycles. The first-order chi connectivity index (χ1) is 11.7. The molecule has 1 aromatic carbocycles. The highest BCUT2D eigenvalue weighted by molar-refractivity contribution is 5.61. The van der Waals surface area contributed by atoms with Crippen LogP contribution in [-0.4, -0.2) is 35.1 Å². The molecule has 2 unspecified atom stereocenters. The first-order valence-corrected chi connectivity index (χ1v) is 9.30. The van der Waals surface area contributed by atoms with Gasteiger partial charge in [-0.25, -0.2) is 0 Å². The molecule has 3 aliphatic heterocycles. The van der Waals surface area contributed by atoms with E-state index in [1.807, 2.05) is 6.20 Å². The van der Waals surface area contributed by atoms with E-state index < -0.39 is 0 Å². The highest BCUT2D eigenvalue weighted by atomic mass is 15.2. The minimum atomic E-state index is 0.559. The van der Waals surface area contributed by atoms with Crippen LogP contribution in [0.3, 0.4) is 0 Å². The van der Waals surface area contributed by atoms with Gasteiger partial charge in [-0.15, -0.1) is 0 Å². The zero-order valence-electron chi connectivity index (χ0n) is 14.7. The van der Waals surface area contributed by atoms with Crippen LogP contribution in [0.15, 0.2) is 42.6 Å². The molecule has 4 heterocycles. The number of hydrogen-bond donors (Lipinski definition) is 1. The lowest BCUT2D eigenvalue weighted by Crippen LogP contribution is -2.59. The minimum absolute atomic E-state index is 0.559. The predicted molar refractivity (Wildman–Crippen MR) is 100 cm³/mol. The number of piperidine rings is 3. The van der Waals surface area contributed by atoms with E-state index in [4.69, 9.17) is 0 Å². The Hall–Kier alpha value is -1.87. The third-order valence-electron chi connectivity index (χ3n) is 5.93. The summed E-state index contributed by atoms with van der Waals surface area (Å²) in [5, 5.41) is 3.75. The highest BCUT2D eigenvalue weighted by Gasteiger charge is 2.39. The van der Waals surface area contributed by atoms with Crippen molar-refractivity contribution in [2.24, 2.45) is 5.92 Å².